The van der Waals surface area contributed by atoms with Crippen LogP contribution in [0.15, 0.2) is 18.2 Å². The first-order valence-corrected chi connectivity index (χ1v) is 5.61. The highest BCUT2D eigenvalue weighted by Gasteiger charge is 2.27. The van der Waals surface area contributed by atoms with E-state index in [4.69, 9.17) is 14.6 Å². The molecular formula is C12H13F3O5. The van der Waals surface area contributed by atoms with Gasteiger partial charge in [0, 0.05) is 0 Å². The third kappa shape index (κ3) is 5.35. The highest BCUT2D eigenvalue weighted by Crippen LogP contribution is 2.28. The fourth-order valence-corrected chi connectivity index (χ4v) is 1.29. The minimum atomic E-state index is -4.43. The lowest BCUT2D eigenvalue weighted by atomic mass is 10.2. The van der Waals surface area contributed by atoms with E-state index < -0.39 is 25.5 Å². The van der Waals surface area contributed by atoms with E-state index in [2.05, 4.69) is 4.74 Å². The maximum absolute atomic E-state index is 11.9. The summed E-state index contributed by atoms with van der Waals surface area (Å²) < 4.78 is 50.0. The van der Waals surface area contributed by atoms with E-state index >= 15 is 0 Å². The van der Waals surface area contributed by atoms with Crippen molar-refractivity contribution in [3.8, 4) is 11.5 Å². The number of carboxylic acids is 1. The number of alkyl halides is 3. The van der Waals surface area contributed by atoms with Crippen LogP contribution in [-0.4, -0.2) is 37.3 Å². The molecule has 20 heavy (non-hydrogen) atoms. The molecule has 0 bridgehead atoms. The third-order valence-corrected chi connectivity index (χ3v) is 2.05. The minimum absolute atomic E-state index is 0.0167. The Morgan fingerprint density at radius 3 is 2.50 bits per heavy atom. The lowest BCUT2D eigenvalue weighted by Gasteiger charge is -2.13. The Kier molecular flexibility index (Phi) is 5.63. The van der Waals surface area contributed by atoms with Crippen molar-refractivity contribution in [1.82, 2.24) is 0 Å². The molecule has 0 heterocycles. The van der Waals surface area contributed by atoms with E-state index in [-0.39, 0.29) is 23.7 Å². The molecule has 1 aromatic carbocycles. The molecule has 112 valence electrons. The summed E-state index contributed by atoms with van der Waals surface area (Å²) in [5, 5.41) is 8.83. The van der Waals surface area contributed by atoms with Crippen LogP contribution in [0.1, 0.15) is 17.3 Å². The van der Waals surface area contributed by atoms with Crippen molar-refractivity contribution < 1.29 is 37.3 Å². The molecule has 0 spiro atoms. The normalized spacial score (nSPS) is 11.2. The molecule has 8 heteroatoms. The molecule has 1 aromatic rings. The van der Waals surface area contributed by atoms with Crippen LogP contribution < -0.4 is 9.47 Å². The first-order valence-electron chi connectivity index (χ1n) is 5.61. The van der Waals surface area contributed by atoms with Gasteiger partial charge in [0.25, 0.3) is 0 Å². The average Bonchev–Trinajstić information content (AvgIpc) is 2.35. The molecule has 0 saturated heterocycles. The number of halogens is 3. The second kappa shape index (κ2) is 6.99. The van der Waals surface area contributed by atoms with Gasteiger partial charge in [0.05, 0.1) is 12.2 Å². The van der Waals surface area contributed by atoms with Crippen LogP contribution in [0.25, 0.3) is 0 Å². The fraction of sp³-hybridized carbons (Fsp3) is 0.417. The van der Waals surface area contributed by atoms with Crippen LogP contribution in [0.3, 0.4) is 0 Å². The van der Waals surface area contributed by atoms with Gasteiger partial charge in [-0.2, -0.15) is 13.2 Å². The largest absolute Gasteiger partial charge is 0.490 e. The van der Waals surface area contributed by atoms with E-state index in [1.807, 2.05) is 0 Å². The van der Waals surface area contributed by atoms with Crippen molar-refractivity contribution in [3.05, 3.63) is 23.8 Å². The number of hydrogen-bond donors (Lipinski definition) is 1. The maximum Gasteiger partial charge on any atom is 0.411 e. The highest BCUT2D eigenvalue weighted by molar-refractivity contribution is 5.88. The highest BCUT2D eigenvalue weighted by atomic mass is 19.4. The zero-order valence-corrected chi connectivity index (χ0v) is 10.6. The molecule has 0 saturated carbocycles. The molecule has 0 aliphatic rings. The molecule has 0 fully saturated rings. The molecule has 0 aliphatic carbocycles. The number of rotatable bonds is 7. The Morgan fingerprint density at radius 2 is 1.95 bits per heavy atom. The van der Waals surface area contributed by atoms with Gasteiger partial charge < -0.3 is 19.3 Å². The first kappa shape index (κ1) is 16.1. The first-order chi connectivity index (χ1) is 9.33. The van der Waals surface area contributed by atoms with Gasteiger partial charge in [0.15, 0.2) is 18.3 Å². The van der Waals surface area contributed by atoms with E-state index in [1.165, 1.54) is 18.2 Å². The number of aromatic carboxylic acids is 1. The van der Waals surface area contributed by atoms with Crippen LogP contribution >= 0.6 is 0 Å². The quantitative estimate of drug-likeness (QED) is 0.618. The molecule has 0 unspecified atom stereocenters. The van der Waals surface area contributed by atoms with Gasteiger partial charge in [-0.3, -0.25) is 0 Å². The molecule has 0 amide bonds. The van der Waals surface area contributed by atoms with Gasteiger partial charge in [-0.05, 0) is 25.1 Å². The van der Waals surface area contributed by atoms with Crippen molar-refractivity contribution >= 4 is 5.97 Å². The Morgan fingerprint density at radius 1 is 1.25 bits per heavy atom. The summed E-state index contributed by atoms with van der Waals surface area (Å²) in [4.78, 5) is 10.8. The predicted molar refractivity (Wildman–Crippen MR) is 62.1 cm³/mol. The zero-order chi connectivity index (χ0) is 15.2. The van der Waals surface area contributed by atoms with E-state index in [0.717, 1.165) is 0 Å². The lowest BCUT2D eigenvalue weighted by Crippen LogP contribution is -2.19. The molecule has 0 aliphatic heterocycles. The summed E-state index contributed by atoms with van der Waals surface area (Å²) in [6, 6.07) is 3.78. The molecule has 1 N–H and O–H groups in total. The lowest BCUT2D eigenvalue weighted by molar-refractivity contribution is -0.186. The summed E-state index contributed by atoms with van der Waals surface area (Å²) in [5.74, 6) is -0.909. The van der Waals surface area contributed by atoms with Crippen molar-refractivity contribution in [3.63, 3.8) is 0 Å². The topological polar surface area (TPSA) is 65.0 Å². The van der Waals surface area contributed by atoms with E-state index in [9.17, 15) is 18.0 Å². The Balaban J connectivity index is 2.66. The van der Waals surface area contributed by atoms with E-state index in [0.29, 0.717) is 0 Å². The second-order valence-corrected chi connectivity index (χ2v) is 3.63. The van der Waals surface area contributed by atoms with Crippen molar-refractivity contribution in [2.45, 2.75) is 13.1 Å². The number of carbonyl (C=O) groups is 1. The van der Waals surface area contributed by atoms with Gasteiger partial charge >= 0.3 is 12.1 Å². The zero-order valence-electron chi connectivity index (χ0n) is 10.6. The van der Waals surface area contributed by atoms with Gasteiger partial charge in [0.1, 0.15) is 6.61 Å². The number of benzene rings is 1. The average molecular weight is 294 g/mol. The number of carboxylic acid groups (broad SMARTS) is 1. The minimum Gasteiger partial charge on any atom is -0.490 e. The summed E-state index contributed by atoms with van der Waals surface area (Å²) >= 11 is 0. The summed E-state index contributed by atoms with van der Waals surface area (Å²) in [5.41, 5.74) is -0.0167. The number of hydrogen-bond acceptors (Lipinski definition) is 4. The van der Waals surface area contributed by atoms with E-state index in [1.54, 1.807) is 6.92 Å². The molecule has 5 nitrogen and oxygen atoms in total. The fourth-order valence-electron chi connectivity index (χ4n) is 1.29. The van der Waals surface area contributed by atoms with Crippen LogP contribution in [0.4, 0.5) is 13.2 Å². The second-order valence-electron chi connectivity index (χ2n) is 3.63. The summed E-state index contributed by atoms with van der Waals surface area (Å²) in [6.07, 6.45) is -4.43. The standard InChI is InChI=1S/C12H13F3O5/c1-2-19-10-5-8(11(16)17)3-4-9(10)20-7-18-6-12(13,14)15/h3-5H,2,6-7H2,1H3,(H,16,17). The predicted octanol–water partition coefficient (Wildman–Crippen LogP) is 2.70. The van der Waals surface area contributed by atoms with Crippen molar-refractivity contribution in [1.29, 1.82) is 0 Å². The Bertz CT molecular complexity index is 459. The van der Waals surface area contributed by atoms with Crippen LogP contribution in [0.5, 0.6) is 11.5 Å². The number of ether oxygens (including phenoxy) is 3. The van der Waals surface area contributed by atoms with Crippen LogP contribution in [0.2, 0.25) is 0 Å². The summed E-state index contributed by atoms with van der Waals surface area (Å²) in [6.45, 7) is -0.115. The van der Waals surface area contributed by atoms with Gasteiger partial charge in [-0.25, -0.2) is 4.79 Å². The maximum atomic E-state index is 11.9. The van der Waals surface area contributed by atoms with Crippen LogP contribution in [0, 0.1) is 0 Å². The Hall–Kier alpha value is -1.96. The third-order valence-electron chi connectivity index (χ3n) is 2.05. The van der Waals surface area contributed by atoms with Gasteiger partial charge in [0.2, 0.25) is 0 Å². The van der Waals surface area contributed by atoms with Gasteiger partial charge in [-0.15, -0.1) is 0 Å². The van der Waals surface area contributed by atoms with Gasteiger partial charge in [-0.1, -0.05) is 0 Å². The molecule has 0 radical (unpaired) electrons. The molecule has 0 atom stereocenters. The van der Waals surface area contributed by atoms with Crippen LogP contribution in [-0.2, 0) is 4.74 Å². The molecular weight excluding hydrogens is 281 g/mol. The van der Waals surface area contributed by atoms with Crippen molar-refractivity contribution in [2.75, 3.05) is 20.0 Å². The smallest absolute Gasteiger partial charge is 0.411 e. The Labute approximate surface area is 112 Å². The van der Waals surface area contributed by atoms with Crippen molar-refractivity contribution in [2.24, 2.45) is 0 Å². The molecule has 1 rings (SSSR count). The molecule has 0 aromatic heterocycles. The SMILES string of the molecule is CCOc1cc(C(=O)O)ccc1OCOCC(F)(F)F. The monoisotopic (exact) mass is 294 g/mol. The summed E-state index contributed by atoms with van der Waals surface area (Å²) in [7, 11) is 0.